The Hall–Kier alpha value is -2.10. The topological polar surface area (TPSA) is 38.8 Å². The molecule has 1 N–H and O–H groups in total. The number of carbonyl (C=O) groups excluding carboxylic acids is 1. The number of benzene rings is 2. The molecule has 2 fully saturated rings. The van der Waals surface area contributed by atoms with Crippen LogP contribution in [0.2, 0.25) is 5.02 Å². The zero-order valence-corrected chi connectivity index (χ0v) is 24.4. The van der Waals surface area contributed by atoms with Crippen LogP contribution in [-0.4, -0.2) is 73.1 Å². The van der Waals surface area contributed by atoms with Crippen molar-refractivity contribution in [3.8, 4) is 0 Å². The molecule has 0 aromatic heterocycles. The second-order valence-corrected chi connectivity index (χ2v) is 12.9. The minimum atomic E-state index is -4.39. The number of rotatable bonds is 7. The van der Waals surface area contributed by atoms with Crippen LogP contribution in [0, 0.1) is 0 Å². The van der Waals surface area contributed by atoms with Crippen LogP contribution in [0.3, 0.4) is 0 Å². The molecule has 2 aromatic carbocycles. The van der Waals surface area contributed by atoms with E-state index in [0.29, 0.717) is 25.2 Å². The highest BCUT2D eigenvalue weighted by Gasteiger charge is 2.31. The molecule has 2 aliphatic rings. The van der Waals surface area contributed by atoms with E-state index in [1.165, 1.54) is 23.4 Å². The van der Waals surface area contributed by atoms with Gasteiger partial charge in [-0.05, 0) is 65.9 Å². The highest BCUT2D eigenvalue weighted by molar-refractivity contribution is 8.00. The number of hydrogen-bond donors (Lipinski definition) is 1. The first-order chi connectivity index (χ1) is 18.4. The third-order valence-corrected chi connectivity index (χ3v) is 8.72. The van der Waals surface area contributed by atoms with Gasteiger partial charge < -0.3 is 15.1 Å². The number of carbonyl (C=O) groups is 1. The van der Waals surface area contributed by atoms with Crippen LogP contribution in [0.25, 0.3) is 0 Å². The Morgan fingerprint density at radius 2 is 1.60 bits per heavy atom. The number of piperazine rings is 1. The van der Waals surface area contributed by atoms with Crippen molar-refractivity contribution < 1.29 is 18.0 Å². The molecule has 40 heavy (non-hydrogen) atoms. The van der Waals surface area contributed by atoms with E-state index in [0.717, 1.165) is 45.6 Å². The number of anilines is 2. The summed E-state index contributed by atoms with van der Waals surface area (Å²) in [5.74, 6) is 0.170. The first-order valence-corrected chi connectivity index (χ1v) is 14.7. The fourth-order valence-electron chi connectivity index (χ4n) is 5.12. The van der Waals surface area contributed by atoms with Gasteiger partial charge in [0.05, 0.1) is 5.02 Å². The fraction of sp³-hybridized carbons (Fsp3) is 0.567. The van der Waals surface area contributed by atoms with E-state index in [-0.39, 0.29) is 46.5 Å². The van der Waals surface area contributed by atoms with E-state index in [2.05, 4.69) is 60.2 Å². The molecule has 0 unspecified atom stereocenters. The van der Waals surface area contributed by atoms with Gasteiger partial charge in [0.2, 0.25) is 5.91 Å². The van der Waals surface area contributed by atoms with E-state index in [4.69, 9.17) is 11.6 Å². The summed E-state index contributed by atoms with van der Waals surface area (Å²) in [6, 6.07) is 13.6. The zero-order chi connectivity index (χ0) is 28.2. The van der Waals surface area contributed by atoms with Crippen LogP contribution in [0.5, 0.6) is 0 Å². The molecule has 1 amide bonds. The average Bonchev–Trinajstić information content (AvgIpc) is 2.89. The van der Waals surface area contributed by atoms with Crippen LogP contribution in [0.15, 0.2) is 47.4 Å². The molecule has 0 atom stereocenters. The van der Waals surface area contributed by atoms with Crippen molar-refractivity contribution in [2.45, 2.75) is 69.3 Å². The number of nitrogens with zero attached hydrogens (tertiary/aromatic N) is 3. The van der Waals surface area contributed by atoms with E-state index in [1.807, 2.05) is 4.90 Å². The maximum absolute atomic E-state index is 12.9. The number of likely N-dealkylation sites (tertiary alicyclic amines) is 1. The van der Waals surface area contributed by atoms with Gasteiger partial charge >= 0.3 is 5.51 Å². The van der Waals surface area contributed by atoms with Gasteiger partial charge in [0, 0.05) is 74.5 Å². The highest BCUT2D eigenvalue weighted by atomic mass is 35.5. The highest BCUT2D eigenvalue weighted by Crippen LogP contribution is 2.41. The summed E-state index contributed by atoms with van der Waals surface area (Å²) >= 11 is 5.73. The summed E-state index contributed by atoms with van der Waals surface area (Å²) in [4.78, 5) is 19.5. The second kappa shape index (κ2) is 13.7. The van der Waals surface area contributed by atoms with Gasteiger partial charge in [0.25, 0.3) is 0 Å². The molecule has 2 heterocycles. The minimum Gasteiger partial charge on any atom is -0.382 e. The van der Waals surface area contributed by atoms with Crippen molar-refractivity contribution in [3.05, 3.63) is 53.1 Å². The molecular weight excluding hydrogens is 557 g/mol. The molecule has 0 aliphatic carbocycles. The molecule has 0 bridgehead atoms. The molecular formula is C30H42ClF3N4OS. The van der Waals surface area contributed by atoms with Gasteiger partial charge in [-0.3, -0.25) is 9.69 Å². The summed E-state index contributed by atoms with van der Waals surface area (Å²) in [5.41, 5.74) is -1.04. The molecule has 222 valence electrons. The number of alkyl halides is 3. The Bertz CT molecular complexity index is 1110. The molecule has 2 aromatic rings. The lowest BCUT2D eigenvalue weighted by molar-refractivity contribution is -0.132. The van der Waals surface area contributed by atoms with Crippen molar-refractivity contribution in [3.63, 3.8) is 0 Å². The number of piperidine rings is 1. The monoisotopic (exact) mass is 598 g/mol. The third-order valence-electron chi connectivity index (χ3n) is 7.49. The standard InChI is InChI=1S/C29H38ClF3N4OS.CH4/c1-28(2,3)21-4-7-24(8-5-21)36-18-16-35(17-19-36)13-12-27(38)37-14-10-22(11-15-37)34-23-6-9-25(30)26(20-23)39-29(31,32)33;/h4-9,20,22,34H,10-19H2,1-3H3;1H4. The summed E-state index contributed by atoms with van der Waals surface area (Å²) in [7, 11) is 0. The molecule has 0 saturated carbocycles. The maximum Gasteiger partial charge on any atom is 0.446 e. The van der Waals surface area contributed by atoms with E-state index >= 15 is 0 Å². The quantitative estimate of drug-likeness (QED) is 0.334. The summed E-state index contributed by atoms with van der Waals surface area (Å²) in [6.45, 7) is 12.5. The van der Waals surface area contributed by atoms with Gasteiger partial charge in [-0.2, -0.15) is 13.2 Å². The van der Waals surface area contributed by atoms with Crippen LogP contribution in [0.1, 0.15) is 53.0 Å². The SMILES string of the molecule is C.CC(C)(C)c1ccc(N2CCN(CCC(=O)N3CCC(Nc4ccc(Cl)c(SC(F)(F)F)c4)CC3)CC2)cc1. The van der Waals surface area contributed by atoms with E-state index in [9.17, 15) is 18.0 Å². The average molecular weight is 599 g/mol. The number of halogens is 4. The lowest BCUT2D eigenvalue weighted by Crippen LogP contribution is -2.48. The van der Waals surface area contributed by atoms with Crippen molar-refractivity contribution in [2.24, 2.45) is 0 Å². The molecule has 2 aliphatic heterocycles. The zero-order valence-electron chi connectivity index (χ0n) is 22.9. The Morgan fingerprint density at radius 3 is 2.17 bits per heavy atom. The van der Waals surface area contributed by atoms with Gasteiger partial charge in [-0.25, -0.2) is 0 Å². The number of nitrogens with one attached hydrogen (secondary N) is 1. The van der Waals surface area contributed by atoms with Crippen molar-refractivity contribution >= 4 is 40.6 Å². The number of thioether (sulfide) groups is 1. The van der Waals surface area contributed by atoms with Gasteiger partial charge in [-0.1, -0.05) is 51.9 Å². The van der Waals surface area contributed by atoms with Crippen LogP contribution < -0.4 is 10.2 Å². The Morgan fingerprint density at radius 1 is 0.975 bits per heavy atom. The predicted octanol–water partition coefficient (Wildman–Crippen LogP) is 7.50. The molecule has 4 rings (SSSR count). The Balaban J connectivity index is 0.00000441. The first kappa shape index (κ1) is 32.4. The van der Waals surface area contributed by atoms with Crippen LogP contribution in [0.4, 0.5) is 24.5 Å². The van der Waals surface area contributed by atoms with Gasteiger partial charge in [0.1, 0.15) is 0 Å². The molecule has 0 spiro atoms. The van der Waals surface area contributed by atoms with E-state index in [1.54, 1.807) is 6.07 Å². The smallest absolute Gasteiger partial charge is 0.382 e. The summed E-state index contributed by atoms with van der Waals surface area (Å²) in [5, 5.41) is 3.40. The third kappa shape index (κ3) is 9.21. The fourth-order valence-corrected chi connectivity index (χ4v) is 5.95. The number of hydrogen-bond acceptors (Lipinski definition) is 5. The Kier molecular flexibility index (Phi) is 11.1. The van der Waals surface area contributed by atoms with Crippen molar-refractivity contribution in [2.75, 3.05) is 56.0 Å². The Labute approximate surface area is 246 Å². The van der Waals surface area contributed by atoms with Crippen molar-refractivity contribution in [1.82, 2.24) is 9.80 Å². The first-order valence-electron chi connectivity index (χ1n) is 13.5. The number of amides is 1. The van der Waals surface area contributed by atoms with E-state index < -0.39 is 5.51 Å². The molecule has 0 radical (unpaired) electrons. The van der Waals surface area contributed by atoms with Gasteiger partial charge in [-0.15, -0.1) is 0 Å². The second-order valence-electron chi connectivity index (χ2n) is 11.4. The molecule has 5 nitrogen and oxygen atoms in total. The summed E-state index contributed by atoms with van der Waals surface area (Å²) in [6.07, 6.45) is 2.01. The van der Waals surface area contributed by atoms with Crippen LogP contribution in [-0.2, 0) is 10.2 Å². The molecule has 2 saturated heterocycles. The van der Waals surface area contributed by atoms with Gasteiger partial charge in [0.15, 0.2) is 0 Å². The largest absolute Gasteiger partial charge is 0.446 e. The lowest BCUT2D eigenvalue weighted by Gasteiger charge is -2.37. The predicted molar refractivity (Wildman–Crippen MR) is 162 cm³/mol. The summed E-state index contributed by atoms with van der Waals surface area (Å²) < 4.78 is 38.4. The lowest BCUT2D eigenvalue weighted by atomic mass is 9.87. The molecule has 10 heteroatoms. The van der Waals surface area contributed by atoms with Crippen LogP contribution >= 0.6 is 23.4 Å². The minimum absolute atomic E-state index is 0. The maximum atomic E-state index is 12.9. The normalized spacial score (nSPS) is 17.5. The van der Waals surface area contributed by atoms with Crippen molar-refractivity contribution in [1.29, 1.82) is 0 Å².